The number of allylic oxidation sites excluding steroid dienone is 1. The summed E-state index contributed by atoms with van der Waals surface area (Å²) in [5.74, 6) is -0.244. The van der Waals surface area contributed by atoms with Crippen molar-refractivity contribution in [1.82, 2.24) is 0 Å². The monoisotopic (exact) mass is 288 g/mol. The van der Waals surface area contributed by atoms with Crippen LogP contribution in [-0.2, 0) is 4.79 Å². The van der Waals surface area contributed by atoms with Crippen LogP contribution < -0.4 is 10.1 Å². The Morgan fingerprint density at radius 2 is 2.14 bits per heavy atom. The molecule has 0 heterocycles. The number of hydrogen-bond acceptors (Lipinski definition) is 4. The number of ether oxygens (including phenoxy) is 1. The molecule has 0 unspecified atom stereocenters. The number of benzene rings is 1. The molecule has 5 nitrogen and oxygen atoms in total. The maximum absolute atomic E-state index is 12.2. The summed E-state index contributed by atoms with van der Waals surface area (Å²) < 4.78 is 5.06. The first kappa shape index (κ1) is 16.6. The van der Waals surface area contributed by atoms with Gasteiger partial charge in [0.15, 0.2) is 5.57 Å². The standard InChI is InChI=1S/C16H20N2O3/c1-5-16(2,3)14(19)13(10-17)15(20)18-11-7-6-8-12(9-11)21-4/h6-9,19H,5H2,1-4H3,(H,18,20)/b14-13-. The summed E-state index contributed by atoms with van der Waals surface area (Å²) in [5.41, 5.74) is -0.407. The second kappa shape index (κ2) is 6.80. The molecule has 1 rings (SSSR count). The van der Waals surface area contributed by atoms with E-state index in [0.717, 1.165) is 0 Å². The summed E-state index contributed by atoms with van der Waals surface area (Å²) in [7, 11) is 1.52. The van der Waals surface area contributed by atoms with Crippen LogP contribution in [0.25, 0.3) is 0 Å². The van der Waals surface area contributed by atoms with Crippen molar-refractivity contribution in [3.63, 3.8) is 0 Å². The van der Waals surface area contributed by atoms with E-state index in [1.54, 1.807) is 44.2 Å². The average Bonchev–Trinajstić information content (AvgIpc) is 2.48. The van der Waals surface area contributed by atoms with Gasteiger partial charge in [-0.15, -0.1) is 0 Å². The predicted octanol–water partition coefficient (Wildman–Crippen LogP) is 3.41. The van der Waals surface area contributed by atoms with Crippen molar-refractivity contribution in [1.29, 1.82) is 5.26 Å². The molecule has 0 aromatic heterocycles. The number of aliphatic hydroxyl groups excluding tert-OH is 1. The Morgan fingerprint density at radius 3 is 2.67 bits per heavy atom. The van der Waals surface area contributed by atoms with Gasteiger partial charge in [0.25, 0.3) is 5.91 Å². The molecule has 1 aromatic rings. The summed E-state index contributed by atoms with van der Waals surface area (Å²) in [5, 5.41) is 21.9. The van der Waals surface area contributed by atoms with Crippen molar-refractivity contribution >= 4 is 11.6 Å². The van der Waals surface area contributed by atoms with E-state index in [9.17, 15) is 9.90 Å². The summed E-state index contributed by atoms with van der Waals surface area (Å²) in [4.78, 5) is 12.2. The van der Waals surface area contributed by atoms with Gasteiger partial charge in [-0.1, -0.05) is 26.8 Å². The normalized spacial score (nSPS) is 12.1. The minimum absolute atomic E-state index is 0.201. The van der Waals surface area contributed by atoms with Crippen LogP contribution in [0.5, 0.6) is 5.75 Å². The molecule has 0 aliphatic rings. The zero-order valence-electron chi connectivity index (χ0n) is 12.7. The van der Waals surface area contributed by atoms with Crippen molar-refractivity contribution in [3.8, 4) is 11.8 Å². The molecule has 1 amide bonds. The number of nitrogens with zero attached hydrogens (tertiary/aromatic N) is 1. The Labute approximate surface area is 124 Å². The second-order valence-electron chi connectivity index (χ2n) is 5.26. The topological polar surface area (TPSA) is 82.3 Å². The Kier molecular flexibility index (Phi) is 5.37. The Balaban J connectivity index is 3.06. The van der Waals surface area contributed by atoms with Crippen LogP contribution in [0.3, 0.4) is 0 Å². The van der Waals surface area contributed by atoms with Gasteiger partial charge in [-0.25, -0.2) is 0 Å². The van der Waals surface area contributed by atoms with Gasteiger partial charge in [-0.2, -0.15) is 5.26 Å². The summed E-state index contributed by atoms with van der Waals surface area (Å²) in [6.45, 7) is 5.43. The number of nitriles is 1. The Hall–Kier alpha value is -2.48. The van der Waals surface area contributed by atoms with Crippen LogP contribution in [0.4, 0.5) is 5.69 Å². The van der Waals surface area contributed by atoms with E-state index in [0.29, 0.717) is 17.9 Å². The summed E-state index contributed by atoms with van der Waals surface area (Å²) >= 11 is 0. The lowest BCUT2D eigenvalue weighted by atomic mass is 9.85. The van der Waals surface area contributed by atoms with Crippen molar-refractivity contribution in [2.75, 3.05) is 12.4 Å². The molecule has 0 bridgehead atoms. The minimum atomic E-state index is -0.634. The van der Waals surface area contributed by atoms with Gasteiger partial charge < -0.3 is 15.2 Å². The number of anilines is 1. The highest BCUT2D eigenvalue weighted by molar-refractivity contribution is 6.07. The van der Waals surface area contributed by atoms with Gasteiger partial charge in [0.1, 0.15) is 17.6 Å². The van der Waals surface area contributed by atoms with Crippen molar-refractivity contribution in [2.45, 2.75) is 27.2 Å². The molecule has 0 atom stereocenters. The fourth-order valence-corrected chi connectivity index (χ4v) is 1.61. The lowest BCUT2D eigenvalue weighted by Gasteiger charge is -2.22. The highest BCUT2D eigenvalue weighted by atomic mass is 16.5. The first-order chi connectivity index (χ1) is 9.85. The summed E-state index contributed by atoms with van der Waals surface area (Å²) in [6, 6.07) is 8.56. The van der Waals surface area contributed by atoms with Crippen molar-refractivity contribution in [2.24, 2.45) is 5.41 Å². The lowest BCUT2D eigenvalue weighted by molar-refractivity contribution is -0.112. The molecular formula is C16H20N2O3. The van der Waals surface area contributed by atoms with Crippen molar-refractivity contribution in [3.05, 3.63) is 35.6 Å². The quantitative estimate of drug-likeness (QED) is 0.494. The zero-order chi connectivity index (χ0) is 16.0. The highest BCUT2D eigenvalue weighted by Gasteiger charge is 2.27. The SMILES string of the molecule is CCC(C)(C)/C(O)=C(\C#N)C(=O)Nc1cccc(OC)c1. The maximum Gasteiger partial charge on any atom is 0.269 e. The van der Waals surface area contributed by atoms with E-state index in [4.69, 9.17) is 10.00 Å². The molecule has 0 aliphatic heterocycles. The highest BCUT2D eigenvalue weighted by Crippen LogP contribution is 2.30. The average molecular weight is 288 g/mol. The molecule has 1 aromatic carbocycles. The van der Waals surface area contributed by atoms with E-state index in [2.05, 4.69) is 5.32 Å². The van der Waals surface area contributed by atoms with Crippen LogP contribution in [-0.4, -0.2) is 18.1 Å². The van der Waals surface area contributed by atoms with Gasteiger partial charge in [-0.3, -0.25) is 4.79 Å². The van der Waals surface area contributed by atoms with Crippen LogP contribution in [0.2, 0.25) is 0 Å². The Bertz CT molecular complexity index is 598. The maximum atomic E-state index is 12.2. The molecule has 21 heavy (non-hydrogen) atoms. The number of hydrogen-bond donors (Lipinski definition) is 2. The first-order valence-electron chi connectivity index (χ1n) is 6.65. The fraction of sp³-hybridized carbons (Fsp3) is 0.375. The number of methoxy groups -OCH3 is 1. The van der Waals surface area contributed by atoms with Gasteiger partial charge in [0.2, 0.25) is 0 Å². The molecule has 0 spiro atoms. The Morgan fingerprint density at radius 1 is 1.48 bits per heavy atom. The largest absolute Gasteiger partial charge is 0.510 e. The number of aliphatic hydroxyl groups is 1. The van der Waals surface area contributed by atoms with E-state index >= 15 is 0 Å². The number of carbonyl (C=O) groups excluding carboxylic acids is 1. The van der Waals surface area contributed by atoms with Gasteiger partial charge >= 0.3 is 0 Å². The molecule has 0 aliphatic carbocycles. The van der Waals surface area contributed by atoms with Gasteiger partial charge in [0, 0.05) is 17.2 Å². The predicted molar refractivity (Wildman–Crippen MR) is 81.0 cm³/mol. The lowest BCUT2D eigenvalue weighted by Crippen LogP contribution is -2.22. The molecule has 0 saturated carbocycles. The van der Waals surface area contributed by atoms with Crippen LogP contribution in [0, 0.1) is 16.7 Å². The summed E-state index contributed by atoms with van der Waals surface area (Å²) in [6.07, 6.45) is 0.608. The molecule has 0 radical (unpaired) electrons. The van der Waals surface area contributed by atoms with Crippen molar-refractivity contribution < 1.29 is 14.6 Å². The molecule has 0 fully saturated rings. The van der Waals surface area contributed by atoms with E-state index < -0.39 is 11.3 Å². The number of rotatable bonds is 5. The van der Waals surface area contributed by atoms with Crippen LogP contribution in [0.15, 0.2) is 35.6 Å². The minimum Gasteiger partial charge on any atom is -0.510 e. The van der Waals surface area contributed by atoms with Gasteiger partial charge in [0.05, 0.1) is 7.11 Å². The molecule has 0 saturated heterocycles. The van der Waals surface area contributed by atoms with Gasteiger partial charge in [-0.05, 0) is 18.6 Å². The smallest absolute Gasteiger partial charge is 0.269 e. The van der Waals surface area contributed by atoms with Crippen LogP contribution >= 0.6 is 0 Å². The second-order valence-corrected chi connectivity index (χ2v) is 5.26. The molecule has 5 heteroatoms. The third kappa shape index (κ3) is 3.99. The number of nitrogens with one attached hydrogen (secondary N) is 1. The van der Waals surface area contributed by atoms with E-state index in [1.165, 1.54) is 7.11 Å². The first-order valence-corrected chi connectivity index (χ1v) is 6.65. The molecular weight excluding hydrogens is 268 g/mol. The third-order valence-electron chi connectivity index (χ3n) is 3.43. The van der Waals surface area contributed by atoms with Crippen LogP contribution in [0.1, 0.15) is 27.2 Å². The molecule has 112 valence electrons. The zero-order valence-corrected chi connectivity index (χ0v) is 12.7. The van der Waals surface area contributed by atoms with E-state index in [1.807, 2.05) is 6.92 Å². The fourth-order valence-electron chi connectivity index (χ4n) is 1.61. The molecule has 2 N–H and O–H groups in total. The number of carbonyl (C=O) groups is 1. The number of amides is 1. The van der Waals surface area contributed by atoms with E-state index in [-0.39, 0.29) is 11.3 Å². The third-order valence-corrected chi connectivity index (χ3v) is 3.43.